The van der Waals surface area contributed by atoms with Crippen molar-refractivity contribution in [3.05, 3.63) is 35.6 Å². The number of hydrogen-bond acceptors (Lipinski definition) is 4. The van der Waals surface area contributed by atoms with Gasteiger partial charge >= 0.3 is 6.03 Å². The van der Waals surface area contributed by atoms with E-state index in [4.69, 9.17) is 0 Å². The Balaban J connectivity index is 1.45. The zero-order valence-electron chi connectivity index (χ0n) is 17.4. The van der Waals surface area contributed by atoms with Crippen LogP contribution in [0.15, 0.2) is 24.3 Å². The van der Waals surface area contributed by atoms with Gasteiger partial charge in [-0.05, 0) is 56.8 Å². The molecule has 4 rings (SSSR count). The number of halogens is 1. The van der Waals surface area contributed by atoms with Crippen LogP contribution in [0.4, 0.5) is 9.18 Å². The quantitative estimate of drug-likeness (QED) is 0.764. The summed E-state index contributed by atoms with van der Waals surface area (Å²) in [7, 11) is 0. The van der Waals surface area contributed by atoms with Gasteiger partial charge in [0, 0.05) is 31.7 Å². The van der Waals surface area contributed by atoms with E-state index < -0.39 is 11.4 Å². The summed E-state index contributed by atoms with van der Waals surface area (Å²) in [4.78, 5) is 44.2. The van der Waals surface area contributed by atoms with Crippen LogP contribution in [-0.4, -0.2) is 76.8 Å². The smallest absolute Gasteiger partial charge is 0.325 e. The maximum Gasteiger partial charge on any atom is 0.325 e. The van der Waals surface area contributed by atoms with Crippen molar-refractivity contribution in [3.63, 3.8) is 0 Å². The molecule has 0 radical (unpaired) electrons. The van der Waals surface area contributed by atoms with Crippen LogP contribution in [-0.2, 0) is 4.79 Å². The van der Waals surface area contributed by atoms with Gasteiger partial charge in [0.2, 0.25) is 0 Å². The minimum Gasteiger partial charge on any atom is -0.337 e. The van der Waals surface area contributed by atoms with Gasteiger partial charge < -0.3 is 15.1 Å². The number of rotatable bonds is 4. The largest absolute Gasteiger partial charge is 0.337 e. The third-order valence-corrected chi connectivity index (χ3v) is 6.56. The zero-order chi connectivity index (χ0) is 21.3. The molecule has 1 unspecified atom stereocenters. The molecule has 1 atom stereocenters. The lowest BCUT2D eigenvalue weighted by Gasteiger charge is -2.39. The van der Waals surface area contributed by atoms with Crippen LogP contribution < -0.4 is 5.32 Å². The predicted octanol–water partition coefficient (Wildman–Crippen LogP) is 2.23. The molecule has 8 heteroatoms. The van der Waals surface area contributed by atoms with E-state index in [9.17, 15) is 18.8 Å². The minimum atomic E-state index is -0.809. The lowest BCUT2D eigenvalue weighted by atomic mass is 9.87. The number of hydrogen-bond donors (Lipinski definition) is 1. The molecule has 3 fully saturated rings. The third-order valence-electron chi connectivity index (χ3n) is 6.56. The summed E-state index contributed by atoms with van der Waals surface area (Å²) in [5.74, 6) is -0.887. The molecule has 1 aromatic carbocycles. The number of nitrogens with zero attached hydrogens (tertiary/aromatic N) is 3. The van der Waals surface area contributed by atoms with Gasteiger partial charge in [-0.15, -0.1) is 0 Å². The van der Waals surface area contributed by atoms with Crippen molar-refractivity contribution in [3.8, 4) is 0 Å². The average Bonchev–Trinajstić information content (AvgIpc) is 2.99. The van der Waals surface area contributed by atoms with Gasteiger partial charge in [0.05, 0.1) is 6.04 Å². The third kappa shape index (κ3) is 3.80. The molecule has 1 N–H and O–H groups in total. The Morgan fingerprint density at radius 3 is 2.70 bits per heavy atom. The Hall–Kier alpha value is -2.48. The van der Waals surface area contributed by atoms with Gasteiger partial charge in [0.15, 0.2) is 0 Å². The molecule has 3 aliphatic rings. The van der Waals surface area contributed by atoms with E-state index in [2.05, 4.69) is 17.1 Å². The summed E-state index contributed by atoms with van der Waals surface area (Å²) in [6, 6.07) is 4.91. The first-order valence-electron chi connectivity index (χ1n) is 10.9. The molecule has 162 valence electrons. The van der Waals surface area contributed by atoms with Crippen molar-refractivity contribution < 1.29 is 18.8 Å². The molecule has 3 heterocycles. The van der Waals surface area contributed by atoms with Crippen molar-refractivity contribution >= 4 is 17.8 Å². The molecular weight excluding hydrogens is 387 g/mol. The van der Waals surface area contributed by atoms with Gasteiger partial charge in [-0.25, -0.2) is 9.18 Å². The van der Waals surface area contributed by atoms with Crippen LogP contribution in [0.3, 0.4) is 0 Å². The van der Waals surface area contributed by atoms with Crippen LogP contribution in [0.5, 0.6) is 0 Å². The minimum absolute atomic E-state index is 0.159. The number of imide groups is 1. The molecular formula is C22H29FN4O3. The highest BCUT2D eigenvalue weighted by Crippen LogP contribution is 2.32. The first-order chi connectivity index (χ1) is 14.4. The van der Waals surface area contributed by atoms with Crippen LogP contribution in [0.1, 0.15) is 49.4 Å². The standard InChI is InChI=1S/C22H29FN4O3/c1-2-10-25-12-8-22(9-13-25)20(29)27(21(30)24-22)18-7-4-11-26(15-18)19(28)16-5-3-6-17(23)14-16/h3,5-6,14,18H,2,4,7-13,15H2,1H3,(H,24,30). The maximum atomic E-state index is 13.5. The first-order valence-corrected chi connectivity index (χ1v) is 10.9. The fourth-order valence-electron chi connectivity index (χ4n) is 4.94. The number of urea groups is 1. The van der Waals surface area contributed by atoms with E-state index in [1.807, 2.05) is 0 Å². The lowest BCUT2D eigenvalue weighted by Crippen LogP contribution is -2.56. The molecule has 7 nitrogen and oxygen atoms in total. The maximum absolute atomic E-state index is 13.5. The van der Waals surface area contributed by atoms with Crippen LogP contribution >= 0.6 is 0 Å². The summed E-state index contributed by atoms with van der Waals surface area (Å²) in [6.07, 6.45) is 3.67. The molecule has 1 spiro atoms. The number of piperidine rings is 2. The number of amides is 4. The normalized spacial score (nSPS) is 24.4. The Morgan fingerprint density at radius 1 is 1.23 bits per heavy atom. The number of carbonyl (C=O) groups excluding carboxylic acids is 3. The monoisotopic (exact) mass is 416 g/mol. The Morgan fingerprint density at radius 2 is 2.00 bits per heavy atom. The summed E-state index contributed by atoms with van der Waals surface area (Å²) in [6.45, 7) is 5.54. The van der Waals surface area contributed by atoms with Crippen molar-refractivity contribution in [1.29, 1.82) is 0 Å². The SMILES string of the molecule is CCCN1CCC2(CC1)NC(=O)N(C1CCCN(C(=O)c3cccc(F)c3)C1)C2=O. The molecule has 0 aromatic heterocycles. The Kier molecular flexibility index (Phi) is 5.77. The van der Waals surface area contributed by atoms with E-state index in [0.29, 0.717) is 32.2 Å². The molecule has 0 bridgehead atoms. The molecule has 3 saturated heterocycles. The average molecular weight is 416 g/mol. The summed E-state index contributed by atoms with van der Waals surface area (Å²) in [5.41, 5.74) is -0.525. The first kappa shape index (κ1) is 20.8. The predicted molar refractivity (Wildman–Crippen MR) is 109 cm³/mol. The van der Waals surface area contributed by atoms with E-state index in [1.165, 1.54) is 23.1 Å². The molecule has 1 aromatic rings. The van der Waals surface area contributed by atoms with E-state index in [1.54, 1.807) is 11.0 Å². The molecule has 4 amide bonds. The Bertz CT molecular complexity index is 837. The summed E-state index contributed by atoms with van der Waals surface area (Å²) in [5, 5.41) is 2.97. The van der Waals surface area contributed by atoms with Crippen molar-refractivity contribution in [2.24, 2.45) is 0 Å². The van der Waals surface area contributed by atoms with E-state index in [-0.39, 0.29) is 36.0 Å². The van der Waals surface area contributed by atoms with Gasteiger partial charge in [-0.1, -0.05) is 13.0 Å². The number of nitrogens with one attached hydrogen (secondary N) is 1. The summed E-state index contributed by atoms with van der Waals surface area (Å²) >= 11 is 0. The van der Waals surface area contributed by atoms with Crippen molar-refractivity contribution in [2.45, 2.75) is 50.6 Å². The zero-order valence-corrected chi connectivity index (χ0v) is 17.4. The number of likely N-dealkylation sites (tertiary alicyclic amines) is 2. The topological polar surface area (TPSA) is 73.0 Å². The van der Waals surface area contributed by atoms with Gasteiger partial charge in [-0.3, -0.25) is 14.5 Å². The lowest BCUT2D eigenvalue weighted by molar-refractivity contribution is -0.135. The fourth-order valence-corrected chi connectivity index (χ4v) is 4.94. The Labute approximate surface area is 176 Å². The number of benzene rings is 1. The molecule has 3 aliphatic heterocycles. The van der Waals surface area contributed by atoms with Crippen LogP contribution in [0.2, 0.25) is 0 Å². The summed E-state index contributed by atoms with van der Waals surface area (Å²) < 4.78 is 13.5. The van der Waals surface area contributed by atoms with Crippen LogP contribution in [0, 0.1) is 5.82 Å². The highest BCUT2D eigenvalue weighted by molar-refractivity contribution is 6.07. The molecule has 0 aliphatic carbocycles. The van der Waals surface area contributed by atoms with Crippen LogP contribution in [0.25, 0.3) is 0 Å². The van der Waals surface area contributed by atoms with E-state index >= 15 is 0 Å². The molecule has 0 saturated carbocycles. The van der Waals surface area contributed by atoms with Gasteiger partial charge in [0.25, 0.3) is 11.8 Å². The molecule has 30 heavy (non-hydrogen) atoms. The van der Waals surface area contributed by atoms with Gasteiger partial charge in [0.1, 0.15) is 11.4 Å². The number of carbonyl (C=O) groups is 3. The highest BCUT2D eigenvalue weighted by Gasteiger charge is 2.54. The highest BCUT2D eigenvalue weighted by atomic mass is 19.1. The van der Waals surface area contributed by atoms with E-state index in [0.717, 1.165) is 26.1 Å². The van der Waals surface area contributed by atoms with Gasteiger partial charge in [-0.2, -0.15) is 0 Å². The van der Waals surface area contributed by atoms with Crippen molar-refractivity contribution in [2.75, 3.05) is 32.7 Å². The second-order valence-corrected chi connectivity index (χ2v) is 8.59. The second kappa shape index (κ2) is 8.34. The van der Waals surface area contributed by atoms with Crippen molar-refractivity contribution in [1.82, 2.24) is 20.0 Å². The second-order valence-electron chi connectivity index (χ2n) is 8.59. The fraction of sp³-hybridized carbons (Fsp3) is 0.591.